The Morgan fingerprint density at radius 2 is 1.95 bits per heavy atom. The lowest BCUT2D eigenvalue weighted by Gasteiger charge is -2.09. The minimum absolute atomic E-state index is 0.219. The van der Waals surface area contributed by atoms with Gasteiger partial charge in [-0.05, 0) is 54.8 Å². The van der Waals surface area contributed by atoms with E-state index in [9.17, 15) is 8.42 Å². The van der Waals surface area contributed by atoms with E-state index in [1.54, 1.807) is 24.3 Å². The Morgan fingerprint density at radius 3 is 2.58 bits per heavy atom. The fraction of sp³-hybridized carbons (Fsp3) is 0.538. The van der Waals surface area contributed by atoms with E-state index in [0.717, 1.165) is 12.8 Å². The minimum Gasteiger partial charge on any atom is -0.379 e. The lowest BCUT2D eigenvalue weighted by Crippen LogP contribution is -2.25. The van der Waals surface area contributed by atoms with Crippen molar-refractivity contribution < 1.29 is 13.2 Å². The lowest BCUT2D eigenvalue weighted by atomic mass is 10.3. The van der Waals surface area contributed by atoms with Crippen molar-refractivity contribution in [2.75, 3.05) is 13.2 Å². The number of sulfonamides is 1. The van der Waals surface area contributed by atoms with Crippen LogP contribution in [0.1, 0.15) is 26.7 Å². The van der Waals surface area contributed by atoms with Gasteiger partial charge in [-0.25, -0.2) is 13.1 Å². The van der Waals surface area contributed by atoms with Gasteiger partial charge in [-0.15, -0.1) is 0 Å². The molecule has 0 spiro atoms. The number of hydrogen-bond donors (Lipinski definition) is 1. The third-order valence-electron chi connectivity index (χ3n) is 2.44. The van der Waals surface area contributed by atoms with Crippen LogP contribution in [0.2, 0.25) is 0 Å². The Labute approximate surface area is 123 Å². The van der Waals surface area contributed by atoms with Crippen molar-refractivity contribution in [2.45, 2.75) is 37.7 Å². The molecule has 0 saturated carbocycles. The number of rotatable bonds is 8. The zero-order chi connectivity index (χ0) is 14.3. The van der Waals surface area contributed by atoms with Crippen LogP contribution in [0.4, 0.5) is 0 Å². The molecule has 0 amide bonds. The molecule has 1 aromatic carbocycles. The van der Waals surface area contributed by atoms with Crippen molar-refractivity contribution in [1.29, 1.82) is 0 Å². The molecule has 0 aliphatic rings. The van der Waals surface area contributed by atoms with E-state index in [-0.39, 0.29) is 11.0 Å². The van der Waals surface area contributed by atoms with Crippen molar-refractivity contribution in [2.24, 2.45) is 0 Å². The molecule has 1 rings (SSSR count). The summed E-state index contributed by atoms with van der Waals surface area (Å²) in [6.45, 7) is 5.05. The van der Waals surface area contributed by atoms with Crippen molar-refractivity contribution in [3.05, 3.63) is 28.7 Å². The van der Waals surface area contributed by atoms with Crippen molar-refractivity contribution >= 4 is 26.0 Å². The summed E-state index contributed by atoms with van der Waals surface area (Å²) in [5.41, 5.74) is 0. The van der Waals surface area contributed by atoms with Crippen molar-refractivity contribution in [3.63, 3.8) is 0 Å². The molecule has 19 heavy (non-hydrogen) atoms. The maximum Gasteiger partial charge on any atom is 0.241 e. The second kappa shape index (κ2) is 7.99. The topological polar surface area (TPSA) is 55.4 Å². The summed E-state index contributed by atoms with van der Waals surface area (Å²) in [6.07, 6.45) is 1.82. The number of halogens is 1. The molecular weight excluding hydrogens is 330 g/mol. The molecule has 0 radical (unpaired) electrons. The second-order valence-electron chi connectivity index (χ2n) is 4.45. The largest absolute Gasteiger partial charge is 0.379 e. The summed E-state index contributed by atoms with van der Waals surface area (Å²) in [5, 5.41) is 0. The van der Waals surface area contributed by atoms with Gasteiger partial charge in [-0.2, -0.15) is 0 Å². The maximum absolute atomic E-state index is 12.0. The molecule has 0 fully saturated rings. The van der Waals surface area contributed by atoms with Gasteiger partial charge in [0.05, 0.1) is 11.0 Å². The van der Waals surface area contributed by atoms with Gasteiger partial charge in [0.2, 0.25) is 10.0 Å². The molecule has 1 N–H and O–H groups in total. The van der Waals surface area contributed by atoms with Gasteiger partial charge in [0, 0.05) is 17.6 Å². The first-order chi connectivity index (χ1) is 8.93. The van der Waals surface area contributed by atoms with Gasteiger partial charge in [-0.3, -0.25) is 0 Å². The first kappa shape index (κ1) is 16.6. The predicted molar refractivity (Wildman–Crippen MR) is 79.7 cm³/mol. The molecule has 4 nitrogen and oxygen atoms in total. The Morgan fingerprint density at radius 1 is 1.26 bits per heavy atom. The number of hydrogen-bond acceptors (Lipinski definition) is 3. The molecule has 0 unspecified atom stereocenters. The Hall–Kier alpha value is -0.430. The summed E-state index contributed by atoms with van der Waals surface area (Å²) in [7, 11) is -3.43. The monoisotopic (exact) mass is 349 g/mol. The number of unbranched alkanes of at least 4 members (excludes halogenated alkanes) is 1. The quantitative estimate of drug-likeness (QED) is 0.734. The van der Waals surface area contributed by atoms with E-state index in [4.69, 9.17) is 4.74 Å². The summed E-state index contributed by atoms with van der Waals surface area (Å²) >= 11 is 3.24. The maximum atomic E-state index is 12.0. The van der Waals surface area contributed by atoms with Crippen LogP contribution in [-0.2, 0) is 14.8 Å². The van der Waals surface area contributed by atoms with Gasteiger partial charge in [0.25, 0.3) is 0 Å². The van der Waals surface area contributed by atoms with Crippen LogP contribution < -0.4 is 4.72 Å². The lowest BCUT2D eigenvalue weighted by molar-refractivity contribution is 0.0762. The van der Waals surface area contributed by atoms with Crippen LogP contribution >= 0.6 is 15.9 Å². The van der Waals surface area contributed by atoms with Gasteiger partial charge in [0.1, 0.15) is 0 Å². The molecule has 0 heterocycles. The third-order valence-corrected chi connectivity index (χ3v) is 4.91. The first-order valence-corrected chi connectivity index (χ1v) is 8.57. The number of benzene rings is 1. The van der Waals surface area contributed by atoms with E-state index in [1.807, 2.05) is 13.8 Å². The average molecular weight is 350 g/mol. The zero-order valence-electron chi connectivity index (χ0n) is 11.2. The third kappa shape index (κ3) is 6.03. The van der Waals surface area contributed by atoms with E-state index in [2.05, 4.69) is 20.7 Å². The average Bonchev–Trinajstić information content (AvgIpc) is 2.33. The normalized spacial score (nSPS) is 12.0. The first-order valence-electron chi connectivity index (χ1n) is 6.29. The highest BCUT2D eigenvalue weighted by molar-refractivity contribution is 9.10. The number of ether oxygens (including phenoxy) is 1. The summed E-state index contributed by atoms with van der Waals surface area (Å²) in [6, 6.07) is 6.78. The summed E-state index contributed by atoms with van der Waals surface area (Å²) < 4.78 is 32.6. The highest BCUT2D eigenvalue weighted by Crippen LogP contribution is 2.20. The SMILES string of the molecule is CC(C)OCCCCNS(=O)(=O)c1ccccc1Br. The van der Waals surface area contributed by atoms with Crippen molar-refractivity contribution in [3.8, 4) is 0 Å². The Kier molecular flexibility index (Phi) is 6.99. The highest BCUT2D eigenvalue weighted by Gasteiger charge is 2.15. The fourth-order valence-electron chi connectivity index (χ4n) is 1.49. The molecule has 0 aromatic heterocycles. The van der Waals surface area contributed by atoms with Gasteiger partial charge >= 0.3 is 0 Å². The standard InChI is InChI=1S/C13H20BrNO3S/c1-11(2)18-10-6-5-9-15-19(16,17)13-8-4-3-7-12(13)14/h3-4,7-8,11,15H,5-6,9-10H2,1-2H3. The molecule has 1 aromatic rings. The van der Waals surface area contributed by atoms with Crippen molar-refractivity contribution in [1.82, 2.24) is 4.72 Å². The van der Waals surface area contributed by atoms with Gasteiger partial charge < -0.3 is 4.74 Å². The molecule has 0 aliphatic carbocycles. The van der Waals surface area contributed by atoms with E-state index < -0.39 is 10.0 Å². The van der Waals surface area contributed by atoms with Gasteiger partial charge in [0.15, 0.2) is 0 Å². The van der Waals surface area contributed by atoms with Crippen LogP contribution in [0.15, 0.2) is 33.6 Å². The van der Waals surface area contributed by atoms with E-state index >= 15 is 0 Å². The van der Waals surface area contributed by atoms with Crippen LogP contribution in [0.5, 0.6) is 0 Å². The molecule has 0 atom stereocenters. The smallest absolute Gasteiger partial charge is 0.241 e. The van der Waals surface area contributed by atoms with E-state index in [0.29, 0.717) is 17.6 Å². The van der Waals surface area contributed by atoms with Crippen LogP contribution in [0.3, 0.4) is 0 Å². The molecule has 0 aliphatic heterocycles. The molecular formula is C13H20BrNO3S. The minimum atomic E-state index is -3.43. The van der Waals surface area contributed by atoms with Gasteiger partial charge in [-0.1, -0.05) is 12.1 Å². The summed E-state index contributed by atoms with van der Waals surface area (Å²) in [5.74, 6) is 0. The molecule has 0 bridgehead atoms. The van der Waals surface area contributed by atoms with Crippen LogP contribution in [0, 0.1) is 0 Å². The summed E-state index contributed by atoms with van der Waals surface area (Å²) in [4.78, 5) is 0.272. The Balaban J connectivity index is 2.38. The van der Waals surface area contributed by atoms with Crippen LogP contribution in [0.25, 0.3) is 0 Å². The Bertz CT molecular complexity index is 488. The fourth-order valence-corrected chi connectivity index (χ4v) is 3.57. The predicted octanol–water partition coefficient (Wildman–Crippen LogP) is 2.93. The zero-order valence-corrected chi connectivity index (χ0v) is 13.6. The van der Waals surface area contributed by atoms with Crippen LogP contribution in [-0.4, -0.2) is 27.7 Å². The van der Waals surface area contributed by atoms with E-state index in [1.165, 1.54) is 0 Å². The highest BCUT2D eigenvalue weighted by atomic mass is 79.9. The number of nitrogens with one attached hydrogen (secondary N) is 1. The second-order valence-corrected chi connectivity index (χ2v) is 7.04. The molecule has 0 saturated heterocycles. The molecule has 108 valence electrons. The molecule has 6 heteroatoms.